The van der Waals surface area contributed by atoms with Crippen molar-refractivity contribution in [2.24, 2.45) is 5.92 Å². The van der Waals surface area contributed by atoms with Crippen molar-refractivity contribution in [2.75, 3.05) is 6.61 Å². The molecule has 0 N–H and O–H groups in total. The Balaban J connectivity index is 1.51. The minimum Gasteiger partial charge on any atom is -0.457 e. The minimum absolute atomic E-state index is 0.0106. The van der Waals surface area contributed by atoms with Crippen LogP contribution >= 0.6 is 0 Å². The van der Waals surface area contributed by atoms with E-state index in [4.69, 9.17) is 4.74 Å². The molecule has 1 aromatic carbocycles. The molecule has 0 bridgehead atoms. The average Bonchev–Trinajstić information content (AvgIpc) is 3.15. The van der Waals surface area contributed by atoms with Crippen LogP contribution in [0.4, 0.5) is 0 Å². The first-order chi connectivity index (χ1) is 11.2. The van der Waals surface area contributed by atoms with Gasteiger partial charge in [0.15, 0.2) is 12.4 Å². The Hall–Kier alpha value is -1.64. The summed E-state index contributed by atoms with van der Waals surface area (Å²) >= 11 is 0. The number of carbonyl (C=O) groups excluding carboxylic acids is 2. The van der Waals surface area contributed by atoms with Crippen molar-refractivity contribution in [3.05, 3.63) is 35.4 Å². The van der Waals surface area contributed by atoms with E-state index in [1.54, 1.807) is 0 Å². The zero-order valence-corrected chi connectivity index (χ0v) is 13.8. The molecule has 0 atom stereocenters. The molecule has 0 aromatic heterocycles. The van der Waals surface area contributed by atoms with E-state index in [2.05, 4.69) is 12.1 Å². The van der Waals surface area contributed by atoms with Gasteiger partial charge in [0, 0.05) is 5.56 Å². The van der Waals surface area contributed by atoms with Gasteiger partial charge in [0.25, 0.3) is 0 Å². The predicted molar refractivity (Wildman–Crippen MR) is 89.5 cm³/mol. The maximum Gasteiger partial charge on any atom is 0.309 e. The second kappa shape index (κ2) is 7.76. The van der Waals surface area contributed by atoms with Crippen molar-refractivity contribution in [2.45, 2.75) is 63.7 Å². The standard InChI is InChI=1S/C20H26O3/c21-19(14-23-20(22)18-8-4-5-9-18)17-12-10-16(11-13-17)15-6-2-1-3-7-15/h10-13,15,18H,1-9,14H2. The van der Waals surface area contributed by atoms with Crippen molar-refractivity contribution in [3.63, 3.8) is 0 Å². The van der Waals surface area contributed by atoms with Crippen molar-refractivity contribution in [1.29, 1.82) is 0 Å². The lowest BCUT2D eigenvalue weighted by Gasteiger charge is -2.22. The Kier molecular flexibility index (Phi) is 5.47. The highest BCUT2D eigenvalue weighted by atomic mass is 16.5. The lowest BCUT2D eigenvalue weighted by Crippen LogP contribution is -2.19. The number of ketones is 1. The summed E-state index contributed by atoms with van der Waals surface area (Å²) in [6.07, 6.45) is 10.5. The van der Waals surface area contributed by atoms with Gasteiger partial charge < -0.3 is 4.74 Å². The summed E-state index contributed by atoms with van der Waals surface area (Å²) in [7, 11) is 0. The van der Waals surface area contributed by atoms with Gasteiger partial charge in [-0.2, -0.15) is 0 Å². The maximum atomic E-state index is 12.2. The topological polar surface area (TPSA) is 43.4 Å². The van der Waals surface area contributed by atoms with Gasteiger partial charge in [-0.25, -0.2) is 0 Å². The molecule has 3 rings (SSSR count). The highest BCUT2D eigenvalue weighted by Gasteiger charge is 2.24. The first kappa shape index (κ1) is 16.2. The number of benzene rings is 1. The number of hydrogen-bond acceptors (Lipinski definition) is 3. The lowest BCUT2D eigenvalue weighted by molar-refractivity contribution is -0.147. The molecule has 3 nitrogen and oxygen atoms in total. The Bertz CT molecular complexity index is 535. The van der Waals surface area contributed by atoms with E-state index in [1.165, 1.54) is 37.7 Å². The number of carbonyl (C=O) groups is 2. The molecule has 3 heteroatoms. The molecular weight excluding hydrogens is 288 g/mol. The minimum atomic E-state index is -0.199. The molecule has 1 aromatic rings. The highest BCUT2D eigenvalue weighted by Crippen LogP contribution is 2.32. The normalized spacial score (nSPS) is 19.7. The Labute approximate surface area is 138 Å². The van der Waals surface area contributed by atoms with E-state index in [-0.39, 0.29) is 24.3 Å². The van der Waals surface area contributed by atoms with Gasteiger partial charge >= 0.3 is 5.97 Å². The van der Waals surface area contributed by atoms with Crippen LogP contribution in [0.15, 0.2) is 24.3 Å². The van der Waals surface area contributed by atoms with Crippen LogP contribution in [0.2, 0.25) is 0 Å². The summed E-state index contributed by atoms with van der Waals surface area (Å²) in [5.41, 5.74) is 1.98. The Morgan fingerprint density at radius 2 is 1.48 bits per heavy atom. The molecule has 2 aliphatic carbocycles. The van der Waals surface area contributed by atoms with Crippen LogP contribution in [-0.2, 0) is 9.53 Å². The highest BCUT2D eigenvalue weighted by molar-refractivity contribution is 5.98. The third-order valence-electron chi connectivity index (χ3n) is 5.34. The lowest BCUT2D eigenvalue weighted by atomic mass is 9.84. The van der Waals surface area contributed by atoms with Crippen LogP contribution < -0.4 is 0 Å². The number of ether oxygens (including phenoxy) is 1. The summed E-state index contributed by atoms with van der Waals surface area (Å²) in [6, 6.07) is 7.91. The van der Waals surface area contributed by atoms with Crippen molar-refractivity contribution >= 4 is 11.8 Å². The molecule has 0 amide bonds. The van der Waals surface area contributed by atoms with Crippen LogP contribution in [0.3, 0.4) is 0 Å². The van der Waals surface area contributed by atoms with E-state index in [0.29, 0.717) is 11.5 Å². The monoisotopic (exact) mass is 314 g/mol. The van der Waals surface area contributed by atoms with Crippen LogP contribution in [0.1, 0.15) is 79.6 Å². The van der Waals surface area contributed by atoms with Crippen molar-refractivity contribution < 1.29 is 14.3 Å². The van der Waals surface area contributed by atoms with Crippen molar-refractivity contribution in [3.8, 4) is 0 Å². The second-order valence-corrected chi connectivity index (χ2v) is 6.97. The summed E-state index contributed by atoms with van der Waals surface area (Å²) < 4.78 is 5.20. The fourth-order valence-corrected chi connectivity index (χ4v) is 3.88. The van der Waals surface area contributed by atoms with Gasteiger partial charge in [0.2, 0.25) is 0 Å². The number of rotatable bonds is 5. The zero-order valence-electron chi connectivity index (χ0n) is 13.8. The Morgan fingerprint density at radius 1 is 0.870 bits per heavy atom. The summed E-state index contributed by atoms with van der Waals surface area (Å²) in [4.78, 5) is 24.0. The first-order valence-electron chi connectivity index (χ1n) is 9.04. The predicted octanol–water partition coefficient (Wildman–Crippen LogP) is 4.65. The third kappa shape index (κ3) is 4.21. The van der Waals surface area contributed by atoms with E-state index >= 15 is 0 Å². The largest absolute Gasteiger partial charge is 0.457 e. The molecule has 23 heavy (non-hydrogen) atoms. The summed E-state index contributed by atoms with van der Waals surface area (Å²) in [5, 5.41) is 0. The SMILES string of the molecule is O=C(COC(=O)C1CCCC1)c1ccc(C2CCCCC2)cc1. The van der Waals surface area contributed by atoms with Crippen molar-refractivity contribution in [1.82, 2.24) is 0 Å². The first-order valence-corrected chi connectivity index (χ1v) is 9.04. The van der Waals surface area contributed by atoms with Crippen LogP contribution in [0, 0.1) is 5.92 Å². The molecule has 0 heterocycles. The van der Waals surface area contributed by atoms with Gasteiger partial charge in [-0.15, -0.1) is 0 Å². The van der Waals surface area contributed by atoms with Gasteiger partial charge in [-0.3, -0.25) is 9.59 Å². The second-order valence-electron chi connectivity index (χ2n) is 6.97. The fourth-order valence-electron chi connectivity index (χ4n) is 3.88. The quantitative estimate of drug-likeness (QED) is 0.587. The number of Topliss-reactive ketones (excluding diaryl/α,β-unsaturated/α-hetero) is 1. The smallest absolute Gasteiger partial charge is 0.309 e. The molecule has 2 saturated carbocycles. The number of hydrogen-bond donors (Lipinski definition) is 0. The molecule has 0 spiro atoms. The van der Waals surface area contributed by atoms with Crippen LogP contribution in [-0.4, -0.2) is 18.4 Å². The van der Waals surface area contributed by atoms with E-state index in [1.807, 2.05) is 12.1 Å². The third-order valence-corrected chi connectivity index (χ3v) is 5.34. The fraction of sp³-hybridized carbons (Fsp3) is 0.600. The molecular formula is C20H26O3. The van der Waals surface area contributed by atoms with E-state index < -0.39 is 0 Å². The van der Waals surface area contributed by atoms with Gasteiger partial charge in [0.1, 0.15) is 0 Å². The molecule has 2 aliphatic rings. The molecule has 0 radical (unpaired) electrons. The molecule has 0 unspecified atom stereocenters. The Morgan fingerprint density at radius 3 is 2.13 bits per heavy atom. The molecule has 0 aliphatic heterocycles. The van der Waals surface area contributed by atoms with Gasteiger partial charge in [-0.1, -0.05) is 56.4 Å². The van der Waals surface area contributed by atoms with Gasteiger partial charge in [-0.05, 0) is 37.2 Å². The van der Waals surface area contributed by atoms with Gasteiger partial charge in [0.05, 0.1) is 5.92 Å². The number of esters is 1. The summed E-state index contributed by atoms with van der Waals surface area (Å²) in [6.45, 7) is -0.127. The zero-order chi connectivity index (χ0) is 16.1. The molecule has 124 valence electrons. The maximum absolute atomic E-state index is 12.2. The molecule has 2 fully saturated rings. The summed E-state index contributed by atoms with van der Waals surface area (Å²) in [5.74, 6) is 0.353. The van der Waals surface area contributed by atoms with Crippen LogP contribution in [0.5, 0.6) is 0 Å². The van der Waals surface area contributed by atoms with E-state index in [9.17, 15) is 9.59 Å². The average molecular weight is 314 g/mol. The van der Waals surface area contributed by atoms with E-state index in [0.717, 1.165) is 25.7 Å². The van der Waals surface area contributed by atoms with Crippen LogP contribution in [0.25, 0.3) is 0 Å². The molecule has 0 saturated heterocycles.